The molecule has 7 nitrogen and oxygen atoms in total. The Morgan fingerprint density at radius 2 is 1.90 bits per heavy atom. The molecule has 0 spiro atoms. The number of rotatable bonds is 5. The summed E-state index contributed by atoms with van der Waals surface area (Å²) in [4.78, 5) is 21.1. The molecule has 3 aromatic rings. The number of ether oxygens (including phenoxy) is 2. The van der Waals surface area contributed by atoms with E-state index in [1.165, 1.54) is 11.8 Å². The van der Waals surface area contributed by atoms with Gasteiger partial charge in [0.1, 0.15) is 11.5 Å². The number of para-hydroxylation sites is 1. The van der Waals surface area contributed by atoms with Crippen LogP contribution >= 0.6 is 0 Å². The fourth-order valence-corrected chi connectivity index (χ4v) is 3.15. The number of benzene rings is 2. The summed E-state index contributed by atoms with van der Waals surface area (Å²) in [5.74, 6) is 1.88. The summed E-state index contributed by atoms with van der Waals surface area (Å²) in [5, 5.41) is 6.12. The van der Waals surface area contributed by atoms with Gasteiger partial charge in [0.2, 0.25) is 6.79 Å². The third-order valence-corrected chi connectivity index (χ3v) is 4.70. The van der Waals surface area contributed by atoms with Crippen LogP contribution < -0.4 is 20.1 Å². The van der Waals surface area contributed by atoms with Crippen molar-refractivity contribution in [2.75, 3.05) is 17.4 Å². The van der Waals surface area contributed by atoms with Gasteiger partial charge in [-0.05, 0) is 36.1 Å². The third-order valence-electron chi connectivity index (χ3n) is 4.70. The second-order valence-corrected chi connectivity index (χ2v) is 7.13. The summed E-state index contributed by atoms with van der Waals surface area (Å²) in [6.45, 7) is 6.53. The Hall–Kier alpha value is -3.61. The van der Waals surface area contributed by atoms with Gasteiger partial charge in [0.05, 0.1) is 12.4 Å². The Bertz CT molecular complexity index is 1050. The molecule has 1 amide bonds. The van der Waals surface area contributed by atoms with E-state index in [-0.39, 0.29) is 18.4 Å². The van der Waals surface area contributed by atoms with Crippen LogP contribution in [-0.2, 0) is 0 Å². The first-order valence-corrected chi connectivity index (χ1v) is 9.41. The second-order valence-electron chi connectivity index (χ2n) is 7.13. The van der Waals surface area contributed by atoms with E-state index in [0.717, 1.165) is 11.3 Å². The Morgan fingerprint density at radius 1 is 1.07 bits per heavy atom. The van der Waals surface area contributed by atoms with Gasteiger partial charge in [0.15, 0.2) is 11.5 Å². The Balaban J connectivity index is 1.48. The molecule has 7 heteroatoms. The van der Waals surface area contributed by atoms with Gasteiger partial charge in [0, 0.05) is 17.4 Å². The van der Waals surface area contributed by atoms with Crippen molar-refractivity contribution in [1.82, 2.24) is 9.97 Å². The average molecular weight is 390 g/mol. The molecule has 1 aliphatic rings. The first kappa shape index (κ1) is 18.7. The molecule has 0 saturated carbocycles. The van der Waals surface area contributed by atoms with Gasteiger partial charge >= 0.3 is 0 Å². The Kier molecular flexibility index (Phi) is 5.03. The minimum Gasteiger partial charge on any atom is -0.454 e. The van der Waals surface area contributed by atoms with E-state index < -0.39 is 0 Å². The number of nitrogens with one attached hydrogen (secondary N) is 2. The maximum Gasteiger partial charge on any atom is 0.275 e. The van der Waals surface area contributed by atoms with Crippen molar-refractivity contribution in [3.63, 3.8) is 0 Å². The molecule has 2 aromatic carbocycles. The van der Waals surface area contributed by atoms with Crippen LogP contribution in [0.1, 0.15) is 41.4 Å². The zero-order chi connectivity index (χ0) is 20.4. The molecule has 4 rings (SSSR count). The maximum atomic E-state index is 12.5. The zero-order valence-corrected chi connectivity index (χ0v) is 16.5. The fourth-order valence-electron chi connectivity index (χ4n) is 3.15. The zero-order valence-electron chi connectivity index (χ0n) is 16.5. The number of aryl methyl sites for hydroxylation is 1. The molecule has 148 valence electrons. The molecular weight excluding hydrogens is 368 g/mol. The summed E-state index contributed by atoms with van der Waals surface area (Å²) in [6.07, 6.45) is 3.02. The molecule has 0 aliphatic carbocycles. The van der Waals surface area contributed by atoms with Crippen LogP contribution in [0.4, 0.5) is 17.2 Å². The van der Waals surface area contributed by atoms with E-state index in [9.17, 15) is 4.79 Å². The van der Waals surface area contributed by atoms with Crippen molar-refractivity contribution in [3.8, 4) is 11.5 Å². The van der Waals surface area contributed by atoms with Crippen LogP contribution in [0.25, 0.3) is 0 Å². The van der Waals surface area contributed by atoms with Gasteiger partial charge in [-0.2, -0.15) is 0 Å². The molecule has 0 bridgehead atoms. The number of hydrogen-bond donors (Lipinski definition) is 2. The smallest absolute Gasteiger partial charge is 0.275 e. The number of hydrogen-bond acceptors (Lipinski definition) is 6. The fraction of sp³-hybridized carbons (Fsp3) is 0.227. The lowest BCUT2D eigenvalue weighted by atomic mass is 9.98. The summed E-state index contributed by atoms with van der Waals surface area (Å²) in [6, 6.07) is 11.4. The first-order chi connectivity index (χ1) is 14.0. The van der Waals surface area contributed by atoms with E-state index in [0.29, 0.717) is 28.9 Å². The van der Waals surface area contributed by atoms with Crippen molar-refractivity contribution in [3.05, 3.63) is 65.6 Å². The molecule has 0 atom stereocenters. The molecule has 29 heavy (non-hydrogen) atoms. The molecule has 1 aromatic heterocycles. The largest absolute Gasteiger partial charge is 0.454 e. The molecular formula is C22H22N4O3. The highest BCUT2D eigenvalue weighted by Gasteiger charge is 2.16. The van der Waals surface area contributed by atoms with E-state index in [2.05, 4.69) is 53.5 Å². The van der Waals surface area contributed by atoms with Crippen LogP contribution in [0, 0.1) is 6.92 Å². The lowest BCUT2D eigenvalue weighted by molar-refractivity contribution is 0.102. The lowest BCUT2D eigenvalue weighted by Gasteiger charge is -2.16. The number of aromatic nitrogens is 2. The van der Waals surface area contributed by atoms with Gasteiger partial charge in [-0.15, -0.1) is 0 Å². The SMILES string of the molecule is Cc1cccc(C(C)C)c1Nc1cnc(C(=O)Nc2ccc3c(c2)OCO3)cn1. The Morgan fingerprint density at radius 3 is 2.66 bits per heavy atom. The van der Waals surface area contributed by atoms with Gasteiger partial charge in [-0.25, -0.2) is 9.97 Å². The van der Waals surface area contributed by atoms with E-state index in [1.807, 2.05) is 6.07 Å². The van der Waals surface area contributed by atoms with Crippen LogP contribution in [-0.4, -0.2) is 22.7 Å². The molecule has 0 saturated heterocycles. The number of nitrogens with zero attached hydrogens (tertiary/aromatic N) is 2. The Labute approximate surface area is 169 Å². The van der Waals surface area contributed by atoms with Crippen LogP contribution in [0.3, 0.4) is 0 Å². The molecule has 0 radical (unpaired) electrons. The van der Waals surface area contributed by atoms with Crippen LogP contribution in [0.2, 0.25) is 0 Å². The number of anilines is 3. The molecule has 0 unspecified atom stereocenters. The van der Waals surface area contributed by atoms with Crippen molar-refractivity contribution in [1.29, 1.82) is 0 Å². The summed E-state index contributed by atoms with van der Waals surface area (Å²) < 4.78 is 10.6. The number of carbonyl (C=O) groups excluding carboxylic acids is 1. The van der Waals surface area contributed by atoms with Crippen LogP contribution in [0.5, 0.6) is 11.5 Å². The van der Waals surface area contributed by atoms with Gasteiger partial charge in [0.25, 0.3) is 5.91 Å². The predicted octanol–water partition coefficient (Wildman–Crippen LogP) is 4.63. The van der Waals surface area contributed by atoms with Gasteiger partial charge < -0.3 is 20.1 Å². The number of fused-ring (bicyclic) bond motifs is 1. The van der Waals surface area contributed by atoms with Crippen molar-refractivity contribution < 1.29 is 14.3 Å². The standard InChI is InChI=1S/C22H22N4O3/c1-13(2)16-6-4-5-14(3)21(16)26-20-11-23-17(10-24-20)22(27)25-15-7-8-18-19(9-15)29-12-28-18/h4-11,13H,12H2,1-3H3,(H,24,26)(H,25,27). The molecule has 1 aliphatic heterocycles. The molecule has 2 N–H and O–H groups in total. The lowest BCUT2D eigenvalue weighted by Crippen LogP contribution is -2.14. The minimum atomic E-state index is -0.346. The minimum absolute atomic E-state index is 0.187. The van der Waals surface area contributed by atoms with Crippen molar-refractivity contribution in [2.45, 2.75) is 26.7 Å². The summed E-state index contributed by atoms with van der Waals surface area (Å²) in [7, 11) is 0. The number of amides is 1. The monoisotopic (exact) mass is 390 g/mol. The predicted molar refractivity (Wildman–Crippen MR) is 111 cm³/mol. The van der Waals surface area contributed by atoms with Crippen LogP contribution in [0.15, 0.2) is 48.8 Å². The highest BCUT2D eigenvalue weighted by Crippen LogP contribution is 2.34. The number of carbonyl (C=O) groups is 1. The van der Waals surface area contributed by atoms with E-state index >= 15 is 0 Å². The summed E-state index contributed by atoms with van der Waals surface area (Å²) in [5.41, 5.74) is 4.18. The first-order valence-electron chi connectivity index (χ1n) is 9.41. The molecule has 2 heterocycles. The quantitative estimate of drug-likeness (QED) is 0.660. The van der Waals surface area contributed by atoms with E-state index in [1.54, 1.807) is 24.4 Å². The maximum absolute atomic E-state index is 12.5. The topological polar surface area (TPSA) is 85.4 Å². The third kappa shape index (κ3) is 3.99. The van der Waals surface area contributed by atoms with Gasteiger partial charge in [-0.1, -0.05) is 32.0 Å². The highest BCUT2D eigenvalue weighted by molar-refractivity contribution is 6.02. The van der Waals surface area contributed by atoms with Crippen molar-refractivity contribution >= 4 is 23.1 Å². The van der Waals surface area contributed by atoms with Gasteiger partial charge in [-0.3, -0.25) is 4.79 Å². The van der Waals surface area contributed by atoms with E-state index in [4.69, 9.17) is 9.47 Å². The summed E-state index contributed by atoms with van der Waals surface area (Å²) >= 11 is 0. The normalized spacial score (nSPS) is 12.1. The molecule has 0 fully saturated rings. The second kappa shape index (κ2) is 7.79. The highest BCUT2D eigenvalue weighted by atomic mass is 16.7. The average Bonchev–Trinajstić information content (AvgIpc) is 3.17. The van der Waals surface area contributed by atoms with Crippen molar-refractivity contribution in [2.24, 2.45) is 0 Å².